The van der Waals surface area contributed by atoms with Gasteiger partial charge in [-0.05, 0) is 42.1 Å². The van der Waals surface area contributed by atoms with Crippen molar-refractivity contribution in [3.8, 4) is 11.5 Å². The van der Waals surface area contributed by atoms with Crippen molar-refractivity contribution in [3.63, 3.8) is 0 Å². The third-order valence-electron chi connectivity index (χ3n) is 2.30. The second kappa shape index (κ2) is 10.1. The maximum atomic E-state index is 12.4. The van der Waals surface area contributed by atoms with Crippen molar-refractivity contribution >= 4 is 16.1 Å². The molecule has 0 amide bonds. The number of carboxylic acids is 1. The molecule has 0 saturated carbocycles. The lowest BCUT2D eigenvalue weighted by molar-refractivity contribution is -0.149. The van der Waals surface area contributed by atoms with Gasteiger partial charge in [-0.25, -0.2) is 4.79 Å². The maximum Gasteiger partial charge on any atom is 0.333 e. The SMILES string of the molecule is [2H]OC(=O)[C@@]([2H])(OC([2H])([2H])C([2H])([2H])[2H])C([2H])([2H])c1c([2H])c([2H])c(OC([2H])([2H])C([2H])([2H])c2c([2H])c([2H])c(OS(=O)(=O)C([2H])([2H])[2H])c([2H])c2[2H])c([2H])c1[2H]. The zero-order valence-electron chi connectivity index (χ0n) is 37.3. The van der Waals surface area contributed by atoms with Crippen LogP contribution in [0.15, 0.2) is 48.3 Å². The molecule has 7 nitrogen and oxygen atoms in total. The first kappa shape index (κ1) is 5.96. The van der Waals surface area contributed by atoms with Crippen molar-refractivity contribution in [3.05, 3.63) is 59.5 Å². The van der Waals surface area contributed by atoms with E-state index in [9.17, 15) is 13.2 Å². The standard InChI is InChI=1S/C20H24O7S/c1-3-25-19(20(21)22)14-16-6-8-17(9-7-16)26-13-12-15-4-10-18(11-5-15)27-28(2,23)24/h4-11,19H,3,12-14H2,1-2H3,(H,21,22)/t19-/m0/s1/i1D3,2D3,3D2,4D,5D,6D,7D,8D,9D,10D,11D,12D2,13D2,14D2,19D/hD. The molecule has 1 N–H and O–H groups in total. The predicted molar refractivity (Wildman–Crippen MR) is 104 cm³/mol. The number of benzene rings is 2. The van der Waals surface area contributed by atoms with E-state index >= 15 is 0 Å². The van der Waals surface area contributed by atoms with Gasteiger partial charge in [0.15, 0.2) is 6.08 Å². The average molecular weight is 433 g/mol. The molecule has 0 aliphatic carbocycles. The van der Waals surface area contributed by atoms with E-state index in [0.717, 1.165) is 0 Å². The van der Waals surface area contributed by atoms with Gasteiger partial charge in [-0.1, -0.05) is 24.2 Å². The van der Waals surface area contributed by atoms with Gasteiger partial charge in [0.05, 0.1) is 30.6 Å². The van der Waals surface area contributed by atoms with E-state index in [1.807, 2.05) is 0 Å². The van der Waals surface area contributed by atoms with Gasteiger partial charge in [0.2, 0.25) is 0 Å². The second-order valence-electron chi connectivity index (χ2n) is 4.22. The topological polar surface area (TPSA) is 99.1 Å². The van der Waals surface area contributed by atoms with Crippen LogP contribution < -0.4 is 8.92 Å². The quantitative estimate of drug-likeness (QED) is 0.545. The van der Waals surface area contributed by atoms with Crippen LogP contribution >= 0.6 is 0 Å². The number of aliphatic carboxylic acids is 1. The van der Waals surface area contributed by atoms with Crippen LogP contribution in [0.5, 0.6) is 11.5 Å². The Morgan fingerprint density at radius 3 is 2.54 bits per heavy atom. The van der Waals surface area contributed by atoms with Gasteiger partial charge in [0.1, 0.15) is 11.5 Å². The number of carbonyl (C=O) groups is 1. The van der Waals surface area contributed by atoms with E-state index in [1.54, 1.807) is 0 Å². The highest BCUT2D eigenvalue weighted by Crippen LogP contribution is 2.17. The number of carboxylic acid groups (broad SMARTS) is 1. The Balaban J connectivity index is 2.83. The van der Waals surface area contributed by atoms with Crippen LogP contribution in [-0.4, -0.2) is 44.9 Å². The minimum Gasteiger partial charge on any atom is -0.493 e. The first-order chi connectivity index (χ1) is 22.9. The summed E-state index contributed by atoms with van der Waals surface area (Å²) >= 11 is 0. The summed E-state index contributed by atoms with van der Waals surface area (Å²) in [6.07, 6.45) is -16.3. The lowest BCUT2D eigenvalue weighted by atomic mass is 10.1. The van der Waals surface area contributed by atoms with Gasteiger partial charge < -0.3 is 18.8 Å². The maximum absolute atomic E-state index is 12.4. The van der Waals surface area contributed by atoms with Crippen molar-refractivity contribution < 1.29 is 63.5 Å². The fourth-order valence-electron chi connectivity index (χ4n) is 1.34. The van der Waals surface area contributed by atoms with E-state index in [-0.39, 0.29) is 0 Å². The van der Waals surface area contributed by atoms with Gasteiger partial charge in [0, 0.05) is 33.0 Å². The largest absolute Gasteiger partial charge is 0.493 e. The van der Waals surface area contributed by atoms with Gasteiger partial charge in [-0.15, -0.1) is 0 Å². The number of rotatable bonds is 11. The van der Waals surface area contributed by atoms with Crippen LogP contribution in [0.25, 0.3) is 1.43 Å². The molecule has 0 heterocycles. The first-order valence-electron chi connectivity index (χ1n) is 18.5. The molecule has 152 valence electrons. The summed E-state index contributed by atoms with van der Waals surface area (Å²) in [5, 5.41) is 3.53. The van der Waals surface area contributed by atoms with E-state index in [1.165, 1.54) is 0 Å². The summed E-state index contributed by atoms with van der Waals surface area (Å²) in [6, 6.07) is -12.6. The van der Waals surface area contributed by atoms with Gasteiger partial charge in [0.25, 0.3) is 1.43 Å². The molecule has 0 radical (unpaired) electrons. The summed E-state index contributed by atoms with van der Waals surface area (Å²) in [4.78, 5) is 12.4. The van der Waals surface area contributed by atoms with E-state index in [0.29, 0.717) is 0 Å². The molecule has 0 aromatic heterocycles. The lowest BCUT2D eigenvalue weighted by Crippen LogP contribution is -2.26. The van der Waals surface area contributed by atoms with Gasteiger partial charge in [-0.2, -0.15) is 8.42 Å². The highest BCUT2D eigenvalue weighted by atomic mass is 32.2. The van der Waals surface area contributed by atoms with Crippen LogP contribution in [0.2, 0.25) is 0 Å². The average Bonchev–Trinajstić information content (AvgIpc) is 2.97. The highest BCUT2D eigenvalue weighted by Gasteiger charge is 2.17. The van der Waals surface area contributed by atoms with Crippen LogP contribution in [0.3, 0.4) is 0 Å². The second-order valence-corrected chi connectivity index (χ2v) is 5.30. The molecule has 0 unspecified atom stereocenters. The highest BCUT2D eigenvalue weighted by molar-refractivity contribution is 7.86. The van der Waals surface area contributed by atoms with Crippen LogP contribution in [-0.2, 0) is 32.4 Å². The van der Waals surface area contributed by atoms with Gasteiger partial charge >= 0.3 is 16.1 Å². The van der Waals surface area contributed by atoms with E-state index < -0.39 is 132 Å². The molecule has 0 fully saturated rings. The zero-order chi connectivity index (χ0) is 41.3. The summed E-state index contributed by atoms with van der Waals surface area (Å²) in [5.41, 5.74) is -3.19. The summed E-state index contributed by atoms with van der Waals surface area (Å²) in [5.74, 6) is -5.52. The number of hydrogen-bond donors (Lipinski definition) is 1. The van der Waals surface area contributed by atoms with Crippen molar-refractivity contribution in [1.82, 2.24) is 0 Å². The van der Waals surface area contributed by atoms with Crippen LogP contribution in [0.4, 0.5) is 0 Å². The Morgan fingerprint density at radius 1 is 1.21 bits per heavy atom. The molecule has 0 saturated heterocycles. The molecular formula is C20H24O7S. The van der Waals surface area contributed by atoms with Crippen LogP contribution in [0.1, 0.15) is 49.5 Å². The molecular weight excluding hydrogens is 384 g/mol. The normalized spacial score (nSPS) is 28.7. The Kier molecular flexibility index (Phi) is 2.15. The van der Waals surface area contributed by atoms with Crippen molar-refractivity contribution in [1.29, 1.82) is 1.43 Å². The summed E-state index contributed by atoms with van der Waals surface area (Å²) < 4.78 is 226. The minimum atomic E-state index is -5.61. The van der Waals surface area contributed by atoms with E-state index in [2.05, 4.69) is 14.0 Å². The Morgan fingerprint density at radius 2 is 1.89 bits per heavy atom. The lowest BCUT2D eigenvalue weighted by Gasteiger charge is -2.13. The molecule has 8 heteroatoms. The Bertz CT molecular complexity index is 1810. The molecule has 0 spiro atoms. The third kappa shape index (κ3) is 7.58. The van der Waals surface area contributed by atoms with Gasteiger partial charge in [-0.3, -0.25) is 0 Å². The molecule has 2 rings (SSSR count). The fourth-order valence-corrected chi connectivity index (χ4v) is 1.64. The number of ether oxygens (including phenoxy) is 2. The molecule has 0 aliphatic rings. The zero-order valence-corrected chi connectivity index (χ0v) is 14.1. The Labute approximate surface area is 198 Å². The summed E-state index contributed by atoms with van der Waals surface area (Å²) in [7, 11) is -5.61. The Hall–Kier alpha value is -2.58. The molecule has 28 heavy (non-hydrogen) atoms. The molecule has 0 bridgehead atoms. The third-order valence-corrected chi connectivity index (χ3v) is 2.69. The van der Waals surface area contributed by atoms with Crippen molar-refractivity contribution in [2.45, 2.75) is 25.7 Å². The van der Waals surface area contributed by atoms with Crippen molar-refractivity contribution in [2.75, 3.05) is 19.3 Å². The number of hydrogen-bond acceptors (Lipinski definition) is 7. The smallest absolute Gasteiger partial charge is 0.333 e. The molecule has 0 aliphatic heterocycles. The first-order valence-corrected chi connectivity index (χ1v) is 8.04. The van der Waals surface area contributed by atoms with Crippen molar-refractivity contribution in [2.24, 2.45) is 0 Å². The fraction of sp³-hybridized carbons (Fsp3) is 0.350. The van der Waals surface area contributed by atoms with Crippen LogP contribution in [0, 0.1) is 0 Å². The molecule has 2 aromatic rings. The molecule has 2 aromatic carbocycles. The summed E-state index contributed by atoms with van der Waals surface area (Å²) in [6.45, 7) is -12.0. The minimum absolute atomic E-state index is 1.52. The van der Waals surface area contributed by atoms with E-state index in [4.69, 9.17) is 37.7 Å². The predicted octanol–water partition coefficient (Wildman–Crippen LogP) is 2.68. The molecule has 1 atom stereocenters. The monoisotopic (exact) mass is 432 g/mol.